The topological polar surface area (TPSA) is 146 Å². The molecule has 0 unspecified atom stereocenters. The van der Waals surface area contributed by atoms with Crippen LogP contribution in [0.2, 0.25) is 0 Å². The molecule has 10 heteroatoms. The second kappa shape index (κ2) is 15.4. The van der Waals surface area contributed by atoms with E-state index < -0.39 is 23.9 Å². The van der Waals surface area contributed by atoms with Crippen molar-refractivity contribution in [1.29, 1.82) is 0 Å². The van der Waals surface area contributed by atoms with Crippen LogP contribution in [-0.2, 0) is 71.0 Å². The number of hydrogen-bond donors (Lipinski definition) is 2. The molecule has 0 aliphatic heterocycles. The summed E-state index contributed by atoms with van der Waals surface area (Å²) in [6.45, 7) is 5.93. The molecule has 0 radical (unpaired) electrons. The quantitative estimate of drug-likeness (QED) is 0.257. The fourth-order valence-corrected chi connectivity index (χ4v) is 3.59. The summed E-state index contributed by atoms with van der Waals surface area (Å²) in [5, 5.41) is 21.5. The van der Waals surface area contributed by atoms with Crippen LogP contribution < -0.4 is 0 Å². The van der Waals surface area contributed by atoms with Gasteiger partial charge in [0.15, 0.2) is 0 Å². The number of aromatic hydroxyl groups is 2. The van der Waals surface area contributed by atoms with E-state index in [1.807, 2.05) is 0 Å². The van der Waals surface area contributed by atoms with Gasteiger partial charge in [0.2, 0.25) is 0 Å². The van der Waals surface area contributed by atoms with Gasteiger partial charge in [0.1, 0.15) is 37.9 Å². The molecular weight excluding hydrogens is 508 g/mol. The van der Waals surface area contributed by atoms with Crippen molar-refractivity contribution in [3.63, 3.8) is 0 Å². The van der Waals surface area contributed by atoms with Crippen molar-refractivity contribution in [2.75, 3.05) is 0 Å². The molecule has 0 spiro atoms. The van der Waals surface area contributed by atoms with Crippen LogP contribution in [0.3, 0.4) is 0 Å². The minimum Gasteiger partial charge on any atom is -0.507 e. The second-order valence-electron chi connectivity index (χ2n) is 8.76. The Morgan fingerprint density at radius 1 is 0.513 bits per heavy atom. The maximum atomic E-state index is 11.7. The van der Waals surface area contributed by atoms with Gasteiger partial charge in [-0.1, -0.05) is 27.7 Å². The lowest BCUT2D eigenvalue weighted by atomic mass is 9.96. The number of phenolic OH excluding ortho intramolecular Hbond substituents is 2. The van der Waals surface area contributed by atoms with Gasteiger partial charge in [-0.25, -0.2) is 0 Å². The van der Waals surface area contributed by atoms with Crippen LogP contribution in [0.4, 0.5) is 0 Å². The maximum absolute atomic E-state index is 11.7. The number of carbonyl (C=O) groups excluding carboxylic acids is 4. The van der Waals surface area contributed by atoms with E-state index in [-0.39, 0.29) is 70.0 Å². The zero-order chi connectivity index (χ0) is 28.9. The highest BCUT2D eigenvalue weighted by atomic mass is 16.5. The zero-order valence-electron chi connectivity index (χ0n) is 22.8. The molecule has 0 aliphatic rings. The van der Waals surface area contributed by atoms with Crippen molar-refractivity contribution in [3.05, 3.63) is 57.6 Å². The van der Waals surface area contributed by atoms with Gasteiger partial charge < -0.3 is 29.2 Å². The Morgan fingerprint density at radius 2 is 0.744 bits per heavy atom. The molecule has 10 nitrogen and oxygen atoms in total. The number of esters is 4. The minimum absolute atomic E-state index is 0.142. The standard InChI is InChI=1S/C29H36O10/c1-5-24(30)36-14-20-10-18(11-21(28(20)34)15-37-25(31)6-2)9-19-12-22(16-38-26(32)7-3)29(35)23(13-19)17-39-27(33)8-4/h10-13,34-35H,5-9,14-17H2,1-4H3. The van der Waals surface area contributed by atoms with Crippen LogP contribution in [0.5, 0.6) is 11.5 Å². The predicted molar refractivity (Wildman–Crippen MR) is 139 cm³/mol. The molecule has 39 heavy (non-hydrogen) atoms. The Bertz CT molecular complexity index is 1010. The lowest BCUT2D eigenvalue weighted by Crippen LogP contribution is -2.08. The summed E-state index contributed by atoms with van der Waals surface area (Å²) in [6.07, 6.45) is 0.974. The Labute approximate surface area is 227 Å². The van der Waals surface area contributed by atoms with Crippen LogP contribution in [0, 0.1) is 0 Å². The number of carbonyl (C=O) groups is 4. The van der Waals surface area contributed by atoms with Gasteiger partial charge in [-0.05, 0) is 41.8 Å². The van der Waals surface area contributed by atoms with Crippen LogP contribution in [0.25, 0.3) is 0 Å². The fraction of sp³-hybridized carbons (Fsp3) is 0.448. The first-order valence-electron chi connectivity index (χ1n) is 12.9. The van der Waals surface area contributed by atoms with E-state index in [0.717, 1.165) is 0 Å². The Balaban J connectivity index is 2.47. The summed E-state index contributed by atoms with van der Waals surface area (Å²) >= 11 is 0. The lowest BCUT2D eigenvalue weighted by Gasteiger charge is -2.16. The Kier molecular flexibility index (Phi) is 12.3. The van der Waals surface area contributed by atoms with Gasteiger partial charge in [0, 0.05) is 47.9 Å². The van der Waals surface area contributed by atoms with Crippen molar-refractivity contribution in [2.45, 2.75) is 86.2 Å². The van der Waals surface area contributed by atoms with E-state index in [0.29, 0.717) is 33.4 Å². The first-order chi connectivity index (χ1) is 18.6. The SMILES string of the molecule is CCC(=O)OCc1cc(Cc2cc(COC(=O)CC)c(O)c(COC(=O)CC)c2)cc(COC(=O)CC)c1O. The molecule has 0 bridgehead atoms. The largest absolute Gasteiger partial charge is 0.507 e. The molecule has 212 valence electrons. The van der Waals surface area contributed by atoms with Gasteiger partial charge in [0.05, 0.1) is 0 Å². The molecule has 0 aliphatic carbocycles. The third kappa shape index (κ3) is 9.63. The number of ether oxygens (including phenoxy) is 4. The molecule has 0 aromatic heterocycles. The molecule has 2 aromatic rings. The summed E-state index contributed by atoms with van der Waals surface area (Å²) < 4.78 is 20.8. The van der Waals surface area contributed by atoms with Crippen LogP contribution in [0.1, 0.15) is 86.8 Å². The van der Waals surface area contributed by atoms with E-state index >= 15 is 0 Å². The summed E-state index contributed by atoms with van der Waals surface area (Å²) in [4.78, 5) is 46.8. The second-order valence-corrected chi connectivity index (χ2v) is 8.76. The van der Waals surface area contributed by atoms with E-state index in [2.05, 4.69) is 0 Å². The number of benzene rings is 2. The average Bonchev–Trinajstić information content (AvgIpc) is 2.94. The molecule has 0 fully saturated rings. The molecule has 0 saturated heterocycles. The predicted octanol–water partition coefficient (Wildman–Crippen LogP) is 4.50. The highest BCUT2D eigenvalue weighted by Crippen LogP contribution is 2.31. The van der Waals surface area contributed by atoms with Crippen molar-refractivity contribution in [3.8, 4) is 11.5 Å². The third-order valence-electron chi connectivity index (χ3n) is 5.77. The first-order valence-corrected chi connectivity index (χ1v) is 12.9. The minimum atomic E-state index is -0.435. The van der Waals surface area contributed by atoms with Gasteiger partial charge >= 0.3 is 23.9 Å². The van der Waals surface area contributed by atoms with Gasteiger partial charge in [0.25, 0.3) is 0 Å². The van der Waals surface area contributed by atoms with Gasteiger partial charge in [-0.15, -0.1) is 0 Å². The van der Waals surface area contributed by atoms with Crippen molar-refractivity contribution >= 4 is 23.9 Å². The smallest absolute Gasteiger partial charge is 0.305 e. The average molecular weight is 545 g/mol. The number of phenols is 2. The highest BCUT2D eigenvalue weighted by molar-refractivity contribution is 5.70. The highest BCUT2D eigenvalue weighted by Gasteiger charge is 2.17. The van der Waals surface area contributed by atoms with Crippen molar-refractivity contribution < 1.29 is 48.3 Å². The molecular formula is C29H36O10. The molecule has 0 atom stereocenters. The molecule has 0 saturated carbocycles. The monoisotopic (exact) mass is 544 g/mol. The summed E-state index contributed by atoms with van der Waals surface area (Å²) in [5.41, 5.74) is 2.73. The number of hydrogen-bond acceptors (Lipinski definition) is 10. The van der Waals surface area contributed by atoms with E-state index in [4.69, 9.17) is 18.9 Å². The molecule has 2 aromatic carbocycles. The van der Waals surface area contributed by atoms with Crippen LogP contribution >= 0.6 is 0 Å². The Hall–Kier alpha value is -4.08. The summed E-state index contributed by atoms with van der Waals surface area (Å²) in [7, 11) is 0. The fourth-order valence-electron chi connectivity index (χ4n) is 3.59. The molecule has 2 N–H and O–H groups in total. The maximum Gasteiger partial charge on any atom is 0.305 e. The number of rotatable bonds is 14. The lowest BCUT2D eigenvalue weighted by molar-refractivity contribution is -0.145. The first kappa shape index (κ1) is 31.1. The third-order valence-corrected chi connectivity index (χ3v) is 5.77. The zero-order valence-corrected chi connectivity index (χ0v) is 22.8. The van der Waals surface area contributed by atoms with Crippen molar-refractivity contribution in [1.82, 2.24) is 0 Å². The summed E-state index contributed by atoms with van der Waals surface area (Å²) in [5.74, 6) is -2.03. The van der Waals surface area contributed by atoms with Gasteiger partial charge in [-0.3, -0.25) is 19.2 Å². The molecule has 0 amide bonds. The van der Waals surface area contributed by atoms with Gasteiger partial charge in [-0.2, -0.15) is 0 Å². The molecule has 0 heterocycles. The van der Waals surface area contributed by atoms with E-state index in [9.17, 15) is 29.4 Å². The normalized spacial score (nSPS) is 10.6. The Morgan fingerprint density at radius 3 is 0.949 bits per heavy atom. The van der Waals surface area contributed by atoms with Crippen molar-refractivity contribution in [2.24, 2.45) is 0 Å². The summed E-state index contributed by atoms with van der Waals surface area (Å²) in [6, 6.07) is 6.68. The van der Waals surface area contributed by atoms with Crippen LogP contribution in [-0.4, -0.2) is 34.1 Å². The van der Waals surface area contributed by atoms with E-state index in [1.165, 1.54) is 0 Å². The molecule has 2 rings (SSSR count). The van der Waals surface area contributed by atoms with E-state index in [1.54, 1.807) is 52.0 Å². The van der Waals surface area contributed by atoms with Crippen LogP contribution in [0.15, 0.2) is 24.3 Å².